The summed E-state index contributed by atoms with van der Waals surface area (Å²) in [6, 6.07) is 0. The van der Waals surface area contributed by atoms with Crippen molar-refractivity contribution in [2.75, 3.05) is 26.7 Å². The first kappa shape index (κ1) is 15.2. The summed E-state index contributed by atoms with van der Waals surface area (Å²) in [5.74, 6) is 0.596. The predicted molar refractivity (Wildman–Crippen MR) is 74.4 cm³/mol. The van der Waals surface area contributed by atoms with E-state index in [1.54, 1.807) is 0 Å². The molecule has 0 spiro atoms. The molecule has 1 saturated heterocycles. The molecule has 0 N–H and O–H groups in total. The number of carbonyl (C=O) groups is 1. The molecule has 0 amide bonds. The van der Waals surface area contributed by atoms with Gasteiger partial charge in [0.15, 0.2) is 0 Å². The van der Waals surface area contributed by atoms with Crippen LogP contribution in [0.1, 0.15) is 40.5 Å². The average molecular weight is 253 g/mol. The number of methoxy groups -OCH3 is 1. The quantitative estimate of drug-likeness (QED) is 0.572. The van der Waals surface area contributed by atoms with Crippen molar-refractivity contribution in [3.05, 3.63) is 11.6 Å². The minimum absolute atomic E-state index is 0.223. The molecule has 3 nitrogen and oxygen atoms in total. The van der Waals surface area contributed by atoms with Gasteiger partial charge in [0.05, 0.1) is 7.11 Å². The number of likely N-dealkylation sites (tertiary alicyclic amines) is 1. The topological polar surface area (TPSA) is 29.5 Å². The normalized spacial score (nSPS) is 19.9. The van der Waals surface area contributed by atoms with Gasteiger partial charge in [0.25, 0.3) is 0 Å². The van der Waals surface area contributed by atoms with E-state index in [1.807, 2.05) is 13.0 Å². The summed E-state index contributed by atoms with van der Waals surface area (Å²) in [4.78, 5) is 13.7. The Labute approximate surface area is 111 Å². The monoisotopic (exact) mass is 253 g/mol. The lowest BCUT2D eigenvalue weighted by molar-refractivity contribution is -0.136. The van der Waals surface area contributed by atoms with Gasteiger partial charge in [0, 0.05) is 12.1 Å². The highest BCUT2D eigenvalue weighted by atomic mass is 16.5. The van der Waals surface area contributed by atoms with Gasteiger partial charge in [-0.3, -0.25) is 4.90 Å². The summed E-state index contributed by atoms with van der Waals surface area (Å²) in [6.07, 6.45) is 4.49. The van der Waals surface area contributed by atoms with Crippen molar-refractivity contribution in [2.45, 2.75) is 40.5 Å². The first-order chi connectivity index (χ1) is 8.34. The van der Waals surface area contributed by atoms with Crippen LogP contribution in [0.2, 0.25) is 0 Å². The van der Waals surface area contributed by atoms with Crippen molar-refractivity contribution in [1.82, 2.24) is 4.90 Å². The van der Waals surface area contributed by atoms with Gasteiger partial charge in [0.1, 0.15) is 0 Å². The Morgan fingerprint density at radius 3 is 2.33 bits per heavy atom. The fourth-order valence-corrected chi connectivity index (χ4v) is 2.49. The SMILES string of the molecule is COC(=O)C(C)=CCN1CCC(C(C)(C)C)CC1. The zero-order valence-electron chi connectivity index (χ0n) is 12.5. The lowest BCUT2D eigenvalue weighted by atomic mass is 9.75. The highest BCUT2D eigenvalue weighted by molar-refractivity contribution is 5.87. The number of rotatable bonds is 3. The Morgan fingerprint density at radius 1 is 1.33 bits per heavy atom. The molecule has 18 heavy (non-hydrogen) atoms. The molecule has 0 aliphatic carbocycles. The number of carbonyl (C=O) groups excluding carboxylic acids is 1. The molecule has 0 unspecified atom stereocenters. The number of nitrogens with zero attached hydrogens (tertiary/aromatic N) is 1. The Kier molecular flexibility index (Phi) is 5.39. The van der Waals surface area contributed by atoms with Crippen LogP contribution in [0.3, 0.4) is 0 Å². The highest BCUT2D eigenvalue weighted by Crippen LogP contribution is 2.34. The number of ether oxygens (including phenoxy) is 1. The van der Waals surface area contributed by atoms with Gasteiger partial charge in [0.2, 0.25) is 0 Å². The zero-order valence-corrected chi connectivity index (χ0v) is 12.5. The Morgan fingerprint density at radius 2 is 1.89 bits per heavy atom. The smallest absolute Gasteiger partial charge is 0.333 e. The molecule has 1 fully saturated rings. The fourth-order valence-electron chi connectivity index (χ4n) is 2.49. The summed E-state index contributed by atoms with van der Waals surface area (Å²) in [6.45, 7) is 11.9. The highest BCUT2D eigenvalue weighted by Gasteiger charge is 2.28. The summed E-state index contributed by atoms with van der Waals surface area (Å²) in [5, 5.41) is 0. The molecule has 0 atom stereocenters. The van der Waals surface area contributed by atoms with Gasteiger partial charge >= 0.3 is 5.97 Å². The van der Waals surface area contributed by atoms with Crippen molar-refractivity contribution < 1.29 is 9.53 Å². The molecule has 0 radical (unpaired) electrons. The Balaban J connectivity index is 2.39. The second-order valence-electron chi connectivity index (χ2n) is 6.32. The maximum Gasteiger partial charge on any atom is 0.333 e. The second-order valence-corrected chi connectivity index (χ2v) is 6.32. The molecular formula is C15H27NO2. The van der Waals surface area contributed by atoms with E-state index < -0.39 is 0 Å². The predicted octanol–water partition coefficient (Wildman–Crippen LogP) is 2.86. The van der Waals surface area contributed by atoms with Gasteiger partial charge in [-0.2, -0.15) is 0 Å². The lowest BCUT2D eigenvalue weighted by Gasteiger charge is -2.38. The summed E-state index contributed by atoms with van der Waals surface area (Å²) in [7, 11) is 1.43. The van der Waals surface area contributed by atoms with Crippen LogP contribution in [0.15, 0.2) is 11.6 Å². The van der Waals surface area contributed by atoms with Crippen molar-refractivity contribution >= 4 is 5.97 Å². The first-order valence-corrected chi connectivity index (χ1v) is 6.82. The number of esters is 1. The van der Waals surface area contributed by atoms with Gasteiger partial charge < -0.3 is 4.74 Å². The molecule has 0 aromatic heterocycles. The fraction of sp³-hybridized carbons (Fsp3) is 0.800. The lowest BCUT2D eigenvalue weighted by Crippen LogP contribution is -2.38. The van der Waals surface area contributed by atoms with Crippen molar-refractivity contribution in [2.24, 2.45) is 11.3 Å². The average Bonchev–Trinajstić information content (AvgIpc) is 2.34. The molecule has 0 bridgehead atoms. The molecule has 3 heteroatoms. The zero-order chi connectivity index (χ0) is 13.8. The van der Waals surface area contributed by atoms with Gasteiger partial charge in [-0.15, -0.1) is 0 Å². The van der Waals surface area contributed by atoms with Crippen LogP contribution in [0.4, 0.5) is 0 Å². The van der Waals surface area contributed by atoms with Crippen LogP contribution in [-0.2, 0) is 9.53 Å². The number of hydrogen-bond acceptors (Lipinski definition) is 3. The van der Waals surface area contributed by atoms with E-state index in [0.717, 1.165) is 25.6 Å². The van der Waals surface area contributed by atoms with Gasteiger partial charge in [-0.05, 0) is 44.2 Å². The van der Waals surface area contributed by atoms with Crippen LogP contribution in [0.25, 0.3) is 0 Å². The molecule has 0 aromatic carbocycles. The third-order valence-corrected chi connectivity index (χ3v) is 3.98. The summed E-state index contributed by atoms with van der Waals surface area (Å²) < 4.78 is 4.69. The van der Waals surface area contributed by atoms with Crippen LogP contribution in [0.5, 0.6) is 0 Å². The molecule has 0 saturated carbocycles. The van der Waals surface area contributed by atoms with Gasteiger partial charge in [-0.25, -0.2) is 4.79 Å². The van der Waals surface area contributed by atoms with E-state index in [4.69, 9.17) is 0 Å². The molecule has 1 aliphatic heterocycles. The van der Waals surface area contributed by atoms with E-state index >= 15 is 0 Å². The van der Waals surface area contributed by atoms with E-state index in [0.29, 0.717) is 11.0 Å². The van der Waals surface area contributed by atoms with Crippen molar-refractivity contribution in [1.29, 1.82) is 0 Å². The van der Waals surface area contributed by atoms with Gasteiger partial charge in [-0.1, -0.05) is 26.8 Å². The van der Waals surface area contributed by atoms with Crippen LogP contribution in [-0.4, -0.2) is 37.6 Å². The second kappa shape index (κ2) is 6.37. The van der Waals surface area contributed by atoms with E-state index in [2.05, 4.69) is 30.4 Å². The maximum atomic E-state index is 11.3. The molecule has 1 aliphatic rings. The summed E-state index contributed by atoms with van der Waals surface area (Å²) in [5.41, 5.74) is 1.12. The Bertz CT molecular complexity index is 307. The summed E-state index contributed by atoms with van der Waals surface area (Å²) >= 11 is 0. The third kappa shape index (κ3) is 4.45. The molecular weight excluding hydrogens is 226 g/mol. The van der Waals surface area contributed by atoms with Crippen molar-refractivity contribution in [3.8, 4) is 0 Å². The largest absolute Gasteiger partial charge is 0.466 e. The first-order valence-electron chi connectivity index (χ1n) is 6.82. The van der Waals surface area contributed by atoms with E-state index in [1.165, 1.54) is 20.0 Å². The minimum atomic E-state index is -0.223. The number of piperidine rings is 1. The minimum Gasteiger partial charge on any atom is -0.466 e. The van der Waals surface area contributed by atoms with Crippen LogP contribution in [0, 0.1) is 11.3 Å². The van der Waals surface area contributed by atoms with Crippen LogP contribution >= 0.6 is 0 Å². The molecule has 1 heterocycles. The van der Waals surface area contributed by atoms with Crippen molar-refractivity contribution in [3.63, 3.8) is 0 Å². The van der Waals surface area contributed by atoms with Crippen LogP contribution < -0.4 is 0 Å². The molecule has 1 rings (SSSR count). The standard InChI is InChI=1S/C15H27NO2/c1-12(14(17)18-5)6-9-16-10-7-13(8-11-16)15(2,3)4/h6,13H,7-11H2,1-5H3. The van der Waals surface area contributed by atoms with E-state index in [-0.39, 0.29) is 5.97 Å². The molecule has 0 aromatic rings. The maximum absolute atomic E-state index is 11.3. The third-order valence-electron chi connectivity index (χ3n) is 3.98. The number of hydrogen-bond donors (Lipinski definition) is 0. The van der Waals surface area contributed by atoms with E-state index in [9.17, 15) is 4.79 Å². The Hall–Kier alpha value is -0.830. The molecule has 104 valence electrons.